The molecular formula is C19H22Cl3NO. The van der Waals surface area contributed by atoms with Crippen molar-refractivity contribution in [3.05, 3.63) is 69.7 Å². The highest BCUT2D eigenvalue weighted by Gasteiger charge is 2.29. The molecule has 5 heteroatoms. The van der Waals surface area contributed by atoms with Gasteiger partial charge in [-0.1, -0.05) is 53.9 Å². The van der Waals surface area contributed by atoms with Crippen molar-refractivity contribution in [1.82, 2.24) is 4.90 Å². The largest absolute Gasteiger partial charge is 0.386 e. The number of nitrogens with zero attached hydrogens (tertiary/aromatic N) is 1. The molecule has 1 heterocycles. The lowest BCUT2D eigenvalue weighted by atomic mass is 9.93. The molecule has 1 aliphatic rings. The summed E-state index contributed by atoms with van der Waals surface area (Å²) in [7, 11) is 0. The summed E-state index contributed by atoms with van der Waals surface area (Å²) in [6.45, 7) is 2.02. The van der Waals surface area contributed by atoms with Crippen LogP contribution in [0.1, 0.15) is 42.5 Å². The van der Waals surface area contributed by atoms with Crippen LogP contribution < -0.4 is 0 Å². The van der Waals surface area contributed by atoms with Gasteiger partial charge in [0.2, 0.25) is 0 Å². The fraction of sp³-hybridized carbons (Fsp3) is 0.368. The molecule has 130 valence electrons. The molecule has 3 rings (SSSR count). The lowest BCUT2D eigenvalue weighted by Gasteiger charge is -2.37. The third-order valence-electron chi connectivity index (χ3n) is 4.51. The zero-order chi connectivity index (χ0) is 16.2. The molecule has 2 aromatic carbocycles. The first-order chi connectivity index (χ1) is 11.1. The van der Waals surface area contributed by atoms with Crippen molar-refractivity contribution in [2.24, 2.45) is 0 Å². The van der Waals surface area contributed by atoms with Crippen LogP contribution in [-0.2, 0) is 0 Å². The summed E-state index contributed by atoms with van der Waals surface area (Å²) in [6, 6.07) is 15.2. The first-order valence-corrected chi connectivity index (χ1v) is 8.84. The van der Waals surface area contributed by atoms with Gasteiger partial charge in [-0.15, -0.1) is 12.4 Å². The maximum atomic E-state index is 11.0. The lowest BCUT2D eigenvalue weighted by molar-refractivity contribution is 0.0362. The highest BCUT2D eigenvalue weighted by atomic mass is 35.5. The Morgan fingerprint density at radius 3 is 1.71 bits per heavy atom. The van der Waals surface area contributed by atoms with Crippen LogP contribution in [0.2, 0.25) is 10.0 Å². The predicted molar refractivity (Wildman–Crippen MR) is 103 cm³/mol. The molecule has 0 amide bonds. The van der Waals surface area contributed by atoms with Crippen molar-refractivity contribution in [3.63, 3.8) is 0 Å². The molecule has 0 aliphatic carbocycles. The topological polar surface area (TPSA) is 23.5 Å². The second-order valence-corrected chi connectivity index (χ2v) is 6.96. The number of aliphatic hydroxyl groups is 1. The number of hydrogen-bond donors (Lipinski definition) is 1. The van der Waals surface area contributed by atoms with Crippen LogP contribution >= 0.6 is 35.6 Å². The van der Waals surface area contributed by atoms with Crippen LogP contribution in [-0.4, -0.2) is 23.1 Å². The van der Waals surface area contributed by atoms with E-state index in [1.807, 2.05) is 48.5 Å². The molecule has 2 atom stereocenters. The van der Waals surface area contributed by atoms with Gasteiger partial charge in [0.05, 0.1) is 12.1 Å². The van der Waals surface area contributed by atoms with Gasteiger partial charge in [-0.3, -0.25) is 4.90 Å². The zero-order valence-electron chi connectivity index (χ0n) is 13.4. The Morgan fingerprint density at radius 1 is 0.750 bits per heavy atom. The van der Waals surface area contributed by atoms with E-state index in [4.69, 9.17) is 23.2 Å². The third kappa shape index (κ3) is 4.65. The van der Waals surface area contributed by atoms with Crippen molar-refractivity contribution < 1.29 is 5.11 Å². The van der Waals surface area contributed by atoms with Crippen LogP contribution in [0.25, 0.3) is 0 Å². The zero-order valence-corrected chi connectivity index (χ0v) is 15.7. The van der Waals surface area contributed by atoms with Crippen molar-refractivity contribution in [3.8, 4) is 0 Å². The van der Waals surface area contributed by atoms with Gasteiger partial charge in [0.15, 0.2) is 0 Å². The average molecular weight is 387 g/mol. The molecule has 1 saturated heterocycles. The minimum absolute atomic E-state index is 0. The van der Waals surface area contributed by atoms with Crippen LogP contribution in [0, 0.1) is 0 Å². The average Bonchev–Trinajstić information content (AvgIpc) is 2.58. The normalized spacial score (nSPS) is 17.8. The quantitative estimate of drug-likeness (QED) is 0.731. The summed E-state index contributed by atoms with van der Waals surface area (Å²) < 4.78 is 0. The minimum Gasteiger partial charge on any atom is -0.386 e. The van der Waals surface area contributed by atoms with Crippen LogP contribution in [0.15, 0.2) is 48.5 Å². The predicted octanol–water partition coefficient (Wildman–Crippen LogP) is 5.68. The van der Waals surface area contributed by atoms with Crippen LogP contribution in [0.4, 0.5) is 0 Å². The molecule has 24 heavy (non-hydrogen) atoms. The van der Waals surface area contributed by atoms with Crippen molar-refractivity contribution in [1.29, 1.82) is 0 Å². The molecule has 0 saturated carbocycles. The number of benzene rings is 2. The Balaban J connectivity index is 0.00000208. The monoisotopic (exact) mass is 385 g/mol. The van der Waals surface area contributed by atoms with Gasteiger partial charge < -0.3 is 5.11 Å². The summed E-state index contributed by atoms with van der Waals surface area (Å²) in [4.78, 5) is 2.38. The van der Waals surface area contributed by atoms with E-state index in [-0.39, 0.29) is 18.4 Å². The molecule has 0 aromatic heterocycles. The molecule has 1 fully saturated rings. The smallest absolute Gasteiger partial charge is 0.0986 e. The molecule has 0 spiro atoms. The first-order valence-electron chi connectivity index (χ1n) is 8.08. The Morgan fingerprint density at radius 2 is 1.21 bits per heavy atom. The minimum atomic E-state index is -0.591. The Hall–Kier alpha value is -0.770. The second kappa shape index (κ2) is 9.07. The van der Waals surface area contributed by atoms with Crippen molar-refractivity contribution in [2.45, 2.75) is 31.4 Å². The number of rotatable bonds is 4. The van der Waals surface area contributed by atoms with Gasteiger partial charge in [0.1, 0.15) is 0 Å². The fourth-order valence-electron chi connectivity index (χ4n) is 3.29. The maximum absolute atomic E-state index is 11.0. The Labute approximate surface area is 159 Å². The molecular weight excluding hydrogens is 365 g/mol. The van der Waals surface area contributed by atoms with E-state index in [1.165, 1.54) is 19.3 Å². The lowest BCUT2D eigenvalue weighted by Crippen LogP contribution is -2.37. The highest BCUT2D eigenvalue weighted by Crippen LogP contribution is 2.36. The summed E-state index contributed by atoms with van der Waals surface area (Å²) in [5, 5.41) is 12.4. The summed E-state index contributed by atoms with van der Waals surface area (Å²) >= 11 is 12.0. The summed E-state index contributed by atoms with van der Waals surface area (Å²) in [5.74, 6) is 0. The van der Waals surface area contributed by atoms with Gasteiger partial charge in [-0.25, -0.2) is 0 Å². The number of aliphatic hydroxyl groups excluding tert-OH is 1. The van der Waals surface area contributed by atoms with E-state index in [0.29, 0.717) is 10.0 Å². The van der Waals surface area contributed by atoms with Gasteiger partial charge in [0, 0.05) is 10.0 Å². The summed E-state index contributed by atoms with van der Waals surface area (Å²) in [6.07, 6.45) is 3.03. The van der Waals surface area contributed by atoms with Crippen molar-refractivity contribution >= 4 is 35.6 Å². The first kappa shape index (κ1) is 19.6. The molecule has 1 N–H and O–H groups in total. The Kier molecular flexibility index (Phi) is 7.39. The van der Waals surface area contributed by atoms with E-state index in [2.05, 4.69) is 4.90 Å². The van der Waals surface area contributed by atoms with E-state index >= 15 is 0 Å². The van der Waals surface area contributed by atoms with E-state index < -0.39 is 6.10 Å². The van der Waals surface area contributed by atoms with Crippen molar-refractivity contribution in [2.75, 3.05) is 13.1 Å². The van der Waals surface area contributed by atoms with E-state index in [9.17, 15) is 5.11 Å². The Bertz CT molecular complexity index is 624. The van der Waals surface area contributed by atoms with Gasteiger partial charge in [-0.05, 0) is 61.3 Å². The molecule has 1 aliphatic heterocycles. The molecule has 2 unspecified atom stereocenters. The van der Waals surface area contributed by atoms with E-state index in [0.717, 1.165) is 24.2 Å². The highest BCUT2D eigenvalue weighted by molar-refractivity contribution is 6.30. The molecule has 2 aromatic rings. The number of likely N-dealkylation sites (tertiary alicyclic amines) is 1. The molecule has 0 bridgehead atoms. The molecule has 2 nitrogen and oxygen atoms in total. The fourth-order valence-corrected chi connectivity index (χ4v) is 3.54. The maximum Gasteiger partial charge on any atom is 0.0986 e. The number of halogens is 3. The SMILES string of the molecule is Cl.OC(c1ccc(Cl)cc1)C(c1ccc(Cl)cc1)N1CCCCC1. The summed E-state index contributed by atoms with van der Waals surface area (Å²) in [5.41, 5.74) is 1.98. The van der Waals surface area contributed by atoms with Gasteiger partial charge >= 0.3 is 0 Å². The van der Waals surface area contributed by atoms with Crippen LogP contribution in [0.3, 0.4) is 0 Å². The molecule has 0 radical (unpaired) electrons. The number of hydrogen-bond acceptors (Lipinski definition) is 2. The number of piperidine rings is 1. The van der Waals surface area contributed by atoms with Crippen LogP contribution in [0.5, 0.6) is 0 Å². The third-order valence-corrected chi connectivity index (χ3v) is 5.01. The van der Waals surface area contributed by atoms with E-state index in [1.54, 1.807) is 0 Å². The van der Waals surface area contributed by atoms with Gasteiger partial charge in [0.25, 0.3) is 0 Å². The second-order valence-electron chi connectivity index (χ2n) is 6.09. The van der Waals surface area contributed by atoms with Gasteiger partial charge in [-0.2, -0.15) is 0 Å². The standard InChI is InChI=1S/C19H21Cl2NO.ClH/c20-16-8-4-14(5-9-16)18(22-12-2-1-3-13-22)19(23)15-6-10-17(21)11-7-15;/h4-11,18-19,23H,1-3,12-13H2;1H.